The highest BCUT2D eigenvalue weighted by atomic mass is 16.6. The van der Waals surface area contributed by atoms with Gasteiger partial charge in [-0.05, 0) is 113 Å². The van der Waals surface area contributed by atoms with E-state index in [1.54, 1.807) is 34.8 Å². The minimum atomic E-state index is -2.42. The van der Waals surface area contributed by atoms with Gasteiger partial charge in [0.1, 0.15) is 30.1 Å². The molecule has 2 bridgehead atoms. The third-order valence-electron chi connectivity index (χ3n) is 14.3. The summed E-state index contributed by atoms with van der Waals surface area (Å²) in [7, 11) is 1.57. The van der Waals surface area contributed by atoms with Crippen LogP contribution in [0.15, 0.2) is 47.6 Å². The minimum absolute atomic E-state index is 0.0301. The standard InChI is InChI=1S/C50H77NO12/c1-29-15-11-10-12-16-30(2)42(61-9)27-38-20-18-36(8)50(60,63-38)47(57)48(58)51-22-14-13-17-39(51)49(59)62-43(33(5)26-37-19-21-40(52)32(4)25-37)28-41(53)31(3)24-35(7)45(55)46(56)44(54)34(6)23-29/h10-12,15-16,24,29,31-34,36-40,42-43,45-46,52,55-56,60H,13-14,17-23,25-28H2,1-9H3/b12-10?,15-11+,30-16?,35-24+. The van der Waals surface area contributed by atoms with Crippen LogP contribution in [0.1, 0.15) is 132 Å². The summed E-state index contributed by atoms with van der Waals surface area (Å²) in [6.45, 7) is 14.5. The molecule has 3 heterocycles. The monoisotopic (exact) mass is 884 g/mol. The molecule has 0 aromatic heterocycles. The summed E-state index contributed by atoms with van der Waals surface area (Å²) in [6.07, 6.45) is 11.1. The second kappa shape index (κ2) is 23.7. The summed E-state index contributed by atoms with van der Waals surface area (Å²) in [5.41, 5.74) is 1.13. The molecule has 354 valence electrons. The SMILES string of the molecule is COC1CC2CCC(C)C(O)(O2)C(=O)C(=O)N2CCCCC2C(=O)OC(C(C)CC2CCC(O)C(C)C2)CC(=O)C(C)/C=C(\C)C(O)C(O)C(=O)C(C)CC(C)/C=C/C=CC=C1C. The lowest BCUT2D eigenvalue weighted by molar-refractivity contribution is -0.265. The fourth-order valence-electron chi connectivity index (χ4n) is 9.94. The first-order valence-corrected chi connectivity index (χ1v) is 23.5. The summed E-state index contributed by atoms with van der Waals surface area (Å²) in [5.74, 6) is -8.19. The number of esters is 1. The van der Waals surface area contributed by atoms with Crippen molar-refractivity contribution in [2.45, 2.75) is 181 Å². The molecule has 63 heavy (non-hydrogen) atoms. The van der Waals surface area contributed by atoms with E-state index in [0.717, 1.165) is 18.4 Å². The van der Waals surface area contributed by atoms with Crippen LogP contribution in [-0.4, -0.2) is 117 Å². The third-order valence-corrected chi connectivity index (χ3v) is 14.3. The van der Waals surface area contributed by atoms with Gasteiger partial charge < -0.3 is 39.5 Å². The second-order valence-electron chi connectivity index (χ2n) is 19.6. The topological polar surface area (TPSA) is 197 Å². The Hall–Kier alpha value is -3.33. The van der Waals surface area contributed by atoms with E-state index in [1.165, 1.54) is 11.0 Å². The molecule has 4 N–H and O–H groups in total. The van der Waals surface area contributed by atoms with Crippen LogP contribution in [0.3, 0.4) is 0 Å². The molecule has 3 aliphatic heterocycles. The van der Waals surface area contributed by atoms with E-state index in [2.05, 4.69) is 0 Å². The molecule has 15 unspecified atom stereocenters. The maximum atomic E-state index is 14.3. The van der Waals surface area contributed by atoms with Gasteiger partial charge in [0.05, 0.1) is 18.3 Å². The zero-order valence-corrected chi connectivity index (χ0v) is 39.2. The number of carbonyl (C=O) groups is 5. The molecule has 2 saturated heterocycles. The molecule has 0 aromatic carbocycles. The van der Waals surface area contributed by atoms with Gasteiger partial charge in [0, 0.05) is 44.2 Å². The number of hydrogen-bond acceptors (Lipinski definition) is 12. The number of aliphatic hydroxyl groups is 4. The Bertz CT molecular complexity index is 1720. The Balaban J connectivity index is 1.68. The lowest BCUT2D eigenvalue weighted by Gasteiger charge is -2.42. The minimum Gasteiger partial charge on any atom is -0.460 e. The van der Waals surface area contributed by atoms with E-state index in [0.29, 0.717) is 51.4 Å². The van der Waals surface area contributed by atoms with Crippen molar-refractivity contribution in [2.75, 3.05) is 13.7 Å². The number of Topliss-reactive ketones (excluding diaryl/α,β-unsaturated/α-hetero) is 3. The van der Waals surface area contributed by atoms with Crippen molar-refractivity contribution in [1.82, 2.24) is 4.90 Å². The molecule has 0 spiro atoms. The van der Waals surface area contributed by atoms with Crippen molar-refractivity contribution in [3.05, 3.63) is 47.6 Å². The number of rotatable bonds is 4. The van der Waals surface area contributed by atoms with Crippen molar-refractivity contribution in [2.24, 2.45) is 41.4 Å². The van der Waals surface area contributed by atoms with Crippen molar-refractivity contribution < 1.29 is 58.6 Å². The summed E-state index contributed by atoms with van der Waals surface area (Å²) >= 11 is 0. The van der Waals surface area contributed by atoms with Crippen molar-refractivity contribution in [3.63, 3.8) is 0 Å². The molecule has 1 saturated carbocycles. The van der Waals surface area contributed by atoms with Crippen LogP contribution >= 0.6 is 0 Å². The molecule has 4 rings (SSSR count). The number of hydrogen-bond donors (Lipinski definition) is 4. The first-order valence-electron chi connectivity index (χ1n) is 23.5. The predicted octanol–water partition coefficient (Wildman–Crippen LogP) is 6.15. The fraction of sp³-hybridized carbons (Fsp3) is 0.740. The van der Waals surface area contributed by atoms with Crippen LogP contribution < -0.4 is 0 Å². The van der Waals surface area contributed by atoms with Gasteiger partial charge in [-0.15, -0.1) is 0 Å². The highest BCUT2D eigenvalue weighted by Gasteiger charge is 2.53. The predicted molar refractivity (Wildman–Crippen MR) is 239 cm³/mol. The van der Waals surface area contributed by atoms with Crippen molar-refractivity contribution in [3.8, 4) is 0 Å². The normalized spacial score (nSPS) is 40.0. The molecule has 15 atom stereocenters. The van der Waals surface area contributed by atoms with Crippen LogP contribution in [0, 0.1) is 41.4 Å². The number of methoxy groups -OCH3 is 1. The quantitative estimate of drug-likeness (QED) is 0.143. The Kier molecular flexibility index (Phi) is 19.7. The number of ether oxygens (including phenoxy) is 3. The number of cyclic esters (lactones) is 1. The van der Waals surface area contributed by atoms with E-state index >= 15 is 0 Å². The average Bonchev–Trinajstić information content (AvgIpc) is 3.25. The van der Waals surface area contributed by atoms with E-state index in [4.69, 9.17) is 14.2 Å². The zero-order chi connectivity index (χ0) is 46.8. The first kappa shape index (κ1) is 52.3. The number of ketones is 3. The zero-order valence-electron chi connectivity index (χ0n) is 39.2. The first-order chi connectivity index (χ1) is 29.7. The Morgan fingerprint density at radius 3 is 2.25 bits per heavy atom. The lowest BCUT2D eigenvalue weighted by atomic mass is 9.75. The van der Waals surface area contributed by atoms with Gasteiger partial charge in [-0.3, -0.25) is 19.2 Å². The smallest absolute Gasteiger partial charge is 0.329 e. The molecule has 0 aromatic rings. The molecular formula is C50H77NO12. The fourth-order valence-corrected chi connectivity index (χ4v) is 9.94. The second-order valence-corrected chi connectivity index (χ2v) is 19.6. The van der Waals surface area contributed by atoms with Gasteiger partial charge in [-0.1, -0.05) is 78.0 Å². The molecule has 4 aliphatic rings. The van der Waals surface area contributed by atoms with E-state index < -0.39 is 83.5 Å². The maximum Gasteiger partial charge on any atom is 0.329 e. The summed E-state index contributed by atoms with van der Waals surface area (Å²) in [5, 5.41) is 44.4. The number of piperidine rings is 1. The van der Waals surface area contributed by atoms with Gasteiger partial charge in [-0.2, -0.15) is 0 Å². The van der Waals surface area contributed by atoms with Crippen LogP contribution in [0.25, 0.3) is 0 Å². The summed E-state index contributed by atoms with van der Waals surface area (Å²) < 4.78 is 18.2. The Morgan fingerprint density at radius 2 is 1.57 bits per heavy atom. The van der Waals surface area contributed by atoms with Gasteiger partial charge in [-0.25, -0.2) is 4.79 Å². The van der Waals surface area contributed by atoms with Crippen molar-refractivity contribution in [1.29, 1.82) is 0 Å². The number of aliphatic hydroxyl groups excluding tert-OH is 3. The molecule has 1 amide bonds. The molecular weight excluding hydrogens is 807 g/mol. The lowest BCUT2D eigenvalue weighted by Crippen LogP contribution is -2.61. The van der Waals surface area contributed by atoms with E-state index in [1.807, 2.05) is 58.1 Å². The molecule has 0 radical (unpaired) electrons. The maximum absolute atomic E-state index is 14.3. The number of amides is 1. The third kappa shape index (κ3) is 13.8. The number of carbonyl (C=O) groups excluding carboxylic acids is 5. The highest BCUT2D eigenvalue weighted by molar-refractivity contribution is 6.39. The average molecular weight is 884 g/mol. The molecule has 13 heteroatoms. The Labute approximate surface area is 375 Å². The number of nitrogens with zero attached hydrogens (tertiary/aromatic N) is 1. The summed E-state index contributed by atoms with van der Waals surface area (Å²) in [4.78, 5) is 71.1. The molecule has 13 nitrogen and oxygen atoms in total. The molecule has 1 aliphatic carbocycles. The van der Waals surface area contributed by atoms with Gasteiger partial charge in [0.15, 0.2) is 5.78 Å². The van der Waals surface area contributed by atoms with E-state index in [9.17, 15) is 44.4 Å². The Morgan fingerprint density at radius 1 is 0.857 bits per heavy atom. The van der Waals surface area contributed by atoms with Gasteiger partial charge >= 0.3 is 5.97 Å². The van der Waals surface area contributed by atoms with Crippen LogP contribution in [0.4, 0.5) is 0 Å². The van der Waals surface area contributed by atoms with Crippen LogP contribution in [0.5, 0.6) is 0 Å². The van der Waals surface area contributed by atoms with Crippen LogP contribution in [-0.2, 0) is 38.2 Å². The number of fused-ring (bicyclic) bond motifs is 3. The van der Waals surface area contributed by atoms with Gasteiger partial charge in [0.25, 0.3) is 11.7 Å². The highest BCUT2D eigenvalue weighted by Crippen LogP contribution is 2.38. The van der Waals surface area contributed by atoms with Gasteiger partial charge in [0.2, 0.25) is 5.79 Å². The van der Waals surface area contributed by atoms with Crippen LogP contribution in [0.2, 0.25) is 0 Å². The van der Waals surface area contributed by atoms with Crippen molar-refractivity contribution >= 4 is 29.2 Å². The largest absolute Gasteiger partial charge is 0.460 e. The van der Waals surface area contributed by atoms with E-state index in [-0.39, 0.29) is 60.5 Å². The number of allylic oxidation sites excluding steroid dienone is 6. The summed E-state index contributed by atoms with van der Waals surface area (Å²) in [6, 6.07) is -1.13. The molecule has 3 fully saturated rings.